The minimum Gasteiger partial charge on any atom is -0.399 e. The summed E-state index contributed by atoms with van der Waals surface area (Å²) in [4.78, 5) is 12.3. The van der Waals surface area contributed by atoms with Crippen LogP contribution >= 0.6 is 0 Å². The molecule has 1 amide bonds. The van der Waals surface area contributed by atoms with Gasteiger partial charge in [0.25, 0.3) is 0 Å². The molecule has 1 saturated carbocycles. The molecule has 0 unspecified atom stereocenters. The number of amides is 1. The highest BCUT2D eigenvalue weighted by Crippen LogP contribution is 2.51. The van der Waals surface area contributed by atoms with Crippen LogP contribution in [0.2, 0.25) is 0 Å². The van der Waals surface area contributed by atoms with Crippen LogP contribution in [-0.4, -0.2) is 5.91 Å². The zero-order chi connectivity index (χ0) is 16.2. The Kier molecular flexibility index (Phi) is 3.02. The third-order valence-corrected chi connectivity index (χ3v) is 5.59. The Bertz CT molecular complexity index is 795. The van der Waals surface area contributed by atoms with Gasteiger partial charge in [0.2, 0.25) is 5.91 Å². The predicted molar refractivity (Wildman–Crippen MR) is 93.7 cm³/mol. The third-order valence-electron chi connectivity index (χ3n) is 5.59. The second-order valence-corrected chi connectivity index (χ2v) is 7.08. The van der Waals surface area contributed by atoms with Crippen LogP contribution in [0, 0.1) is 13.8 Å². The molecule has 0 saturated heterocycles. The summed E-state index contributed by atoms with van der Waals surface area (Å²) in [6.45, 7) is 4.23. The van der Waals surface area contributed by atoms with Gasteiger partial charge >= 0.3 is 0 Å². The fourth-order valence-corrected chi connectivity index (χ4v) is 4.11. The van der Waals surface area contributed by atoms with Gasteiger partial charge in [0, 0.05) is 11.4 Å². The van der Waals surface area contributed by atoms with Crippen LogP contribution in [0.1, 0.15) is 47.1 Å². The molecule has 3 nitrogen and oxygen atoms in total. The summed E-state index contributed by atoms with van der Waals surface area (Å²) in [6.07, 6.45) is 3.99. The molecule has 2 aliphatic rings. The number of nitrogen functional groups attached to an aromatic ring is 1. The topological polar surface area (TPSA) is 55.1 Å². The summed E-state index contributed by atoms with van der Waals surface area (Å²) < 4.78 is 0. The summed E-state index contributed by atoms with van der Waals surface area (Å²) in [6, 6.07) is 10.5. The van der Waals surface area contributed by atoms with Crippen LogP contribution in [0.25, 0.3) is 0 Å². The van der Waals surface area contributed by atoms with Crippen molar-refractivity contribution in [2.75, 3.05) is 11.1 Å². The second kappa shape index (κ2) is 4.85. The van der Waals surface area contributed by atoms with Crippen LogP contribution in [0.5, 0.6) is 0 Å². The number of carbonyl (C=O) groups is 1. The fourth-order valence-electron chi connectivity index (χ4n) is 4.11. The Morgan fingerprint density at radius 2 is 1.83 bits per heavy atom. The molecule has 2 aromatic rings. The first-order valence-corrected chi connectivity index (χ1v) is 8.30. The van der Waals surface area contributed by atoms with Gasteiger partial charge in [-0.15, -0.1) is 0 Å². The van der Waals surface area contributed by atoms with Crippen LogP contribution in [0.3, 0.4) is 0 Å². The lowest BCUT2D eigenvalue weighted by Crippen LogP contribution is -2.40. The number of aryl methyl sites for hydroxylation is 2. The van der Waals surface area contributed by atoms with E-state index in [1.165, 1.54) is 27.8 Å². The standard InChI is InChI=1S/C20H22N2O/c1-12-8-15(21)9-13(2)16(12)10-14-4-5-18-17(11-14)20(6-3-7-20)19(23)22-18/h4-5,8-9,11H,3,6-7,10,21H2,1-2H3,(H,22,23). The first-order valence-electron chi connectivity index (χ1n) is 8.30. The highest BCUT2D eigenvalue weighted by molar-refractivity contribution is 6.07. The number of nitrogens with one attached hydrogen (secondary N) is 1. The Balaban J connectivity index is 1.72. The third kappa shape index (κ3) is 2.07. The SMILES string of the molecule is Cc1cc(N)cc(C)c1Cc1ccc2c(c1)C1(CCC1)C(=O)N2. The normalized spacial score (nSPS) is 17.7. The average molecular weight is 306 g/mol. The maximum Gasteiger partial charge on any atom is 0.235 e. The van der Waals surface area contributed by atoms with Crippen molar-refractivity contribution in [1.29, 1.82) is 0 Å². The molecule has 3 N–H and O–H groups in total. The summed E-state index contributed by atoms with van der Waals surface area (Å²) in [5.74, 6) is 0.191. The first kappa shape index (κ1) is 14.3. The van der Waals surface area contributed by atoms with Gasteiger partial charge in [0.05, 0.1) is 5.41 Å². The lowest BCUT2D eigenvalue weighted by Gasteiger charge is -2.36. The number of benzene rings is 2. The van der Waals surface area contributed by atoms with Gasteiger partial charge in [-0.1, -0.05) is 18.6 Å². The average Bonchev–Trinajstić information content (AvgIpc) is 2.73. The van der Waals surface area contributed by atoms with E-state index < -0.39 is 0 Å². The molecule has 4 rings (SSSR count). The zero-order valence-corrected chi connectivity index (χ0v) is 13.7. The van der Waals surface area contributed by atoms with Gasteiger partial charge < -0.3 is 11.1 Å². The molecule has 1 aliphatic carbocycles. The summed E-state index contributed by atoms with van der Waals surface area (Å²) in [5.41, 5.74) is 13.8. The zero-order valence-electron chi connectivity index (χ0n) is 13.7. The molecule has 118 valence electrons. The number of carbonyl (C=O) groups excluding carboxylic acids is 1. The van der Waals surface area contributed by atoms with Gasteiger partial charge in [-0.05, 0) is 79.1 Å². The molecule has 2 aromatic carbocycles. The van der Waals surface area contributed by atoms with E-state index in [1.54, 1.807) is 0 Å². The van der Waals surface area contributed by atoms with E-state index in [2.05, 4.69) is 37.4 Å². The molecule has 1 aliphatic heterocycles. The monoisotopic (exact) mass is 306 g/mol. The highest BCUT2D eigenvalue weighted by atomic mass is 16.2. The highest BCUT2D eigenvalue weighted by Gasteiger charge is 2.50. The van der Waals surface area contributed by atoms with Crippen molar-refractivity contribution in [2.45, 2.75) is 44.9 Å². The molecule has 1 fully saturated rings. The number of rotatable bonds is 2. The van der Waals surface area contributed by atoms with Crippen LogP contribution in [-0.2, 0) is 16.6 Å². The van der Waals surface area contributed by atoms with Gasteiger partial charge in [0.1, 0.15) is 0 Å². The van der Waals surface area contributed by atoms with Crippen molar-refractivity contribution < 1.29 is 4.79 Å². The molecule has 0 bridgehead atoms. The molecular weight excluding hydrogens is 284 g/mol. The molecule has 23 heavy (non-hydrogen) atoms. The van der Waals surface area contributed by atoms with E-state index in [-0.39, 0.29) is 11.3 Å². The quantitative estimate of drug-likeness (QED) is 0.828. The molecule has 1 spiro atoms. The van der Waals surface area contributed by atoms with E-state index in [9.17, 15) is 4.79 Å². The smallest absolute Gasteiger partial charge is 0.235 e. The maximum atomic E-state index is 12.3. The summed E-state index contributed by atoms with van der Waals surface area (Å²) >= 11 is 0. The molecule has 3 heteroatoms. The number of nitrogens with two attached hydrogens (primary N) is 1. The fraction of sp³-hybridized carbons (Fsp3) is 0.350. The Hall–Kier alpha value is -2.29. The largest absolute Gasteiger partial charge is 0.399 e. The molecule has 1 heterocycles. The molecule has 0 atom stereocenters. The van der Waals surface area contributed by atoms with Crippen molar-refractivity contribution in [3.05, 3.63) is 58.1 Å². The van der Waals surface area contributed by atoms with E-state index in [4.69, 9.17) is 5.73 Å². The van der Waals surface area contributed by atoms with Crippen LogP contribution in [0.15, 0.2) is 30.3 Å². The van der Waals surface area contributed by atoms with Crippen molar-refractivity contribution >= 4 is 17.3 Å². The minimum absolute atomic E-state index is 0.191. The Morgan fingerprint density at radius 3 is 2.43 bits per heavy atom. The van der Waals surface area contributed by atoms with Gasteiger partial charge in [0.15, 0.2) is 0 Å². The summed E-state index contributed by atoms with van der Waals surface area (Å²) in [7, 11) is 0. The van der Waals surface area contributed by atoms with E-state index >= 15 is 0 Å². The lowest BCUT2D eigenvalue weighted by atomic mass is 9.65. The molecular formula is C20H22N2O. The van der Waals surface area contributed by atoms with Crippen LogP contribution < -0.4 is 11.1 Å². The summed E-state index contributed by atoms with van der Waals surface area (Å²) in [5, 5.41) is 3.06. The number of fused-ring (bicyclic) bond motifs is 2. The van der Waals surface area contributed by atoms with Crippen molar-refractivity contribution in [3.8, 4) is 0 Å². The molecule has 0 radical (unpaired) electrons. The van der Waals surface area contributed by atoms with Crippen LogP contribution in [0.4, 0.5) is 11.4 Å². The first-order chi connectivity index (χ1) is 11.0. The number of hydrogen-bond acceptors (Lipinski definition) is 2. The van der Waals surface area contributed by atoms with E-state index in [0.717, 1.165) is 37.1 Å². The van der Waals surface area contributed by atoms with Gasteiger partial charge in [-0.2, -0.15) is 0 Å². The second-order valence-electron chi connectivity index (χ2n) is 7.08. The Labute approximate surface area is 136 Å². The number of hydrogen-bond donors (Lipinski definition) is 2. The Morgan fingerprint density at radius 1 is 1.13 bits per heavy atom. The number of anilines is 2. The minimum atomic E-state index is -0.240. The lowest BCUT2D eigenvalue weighted by molar-refractivity contribution is -0.123. The molecule has 0 aromatic heterocycles. The van der Waals surface area contributed by atoms with E-state index in [0.29, 0.717) is 0 Å². The van der Waals surface area contributed by atoms with Crippen molar-refractivity contribution in [3.63, 3.8) is 0 Å². The van der Waals surface area contributed by atoms with Gasteiger partial charge in [-0.3, -0.25) is 4.79 Å². The van der Waals surface area contributed by atoms with Crippen molar-refractivity contribution in [1.82, 2.24) is 0 Å². The predicted octanol–water partition coefficient (Wildman–Crippen LogP) is 3.85. The van der Waals surface area contributed by atoms with E-state index in [1.807, 2.05) is 12.1 Å². The van der Waals surface area contributed by atoms with Gasteiger partial charge in [-0.25, -0.2) is 0 Å². The van der Waals surface area contributed by atoms with Crippen molar-refractivity contribution in [2.24, 2.45) is 0 Å². The maximum absolute atomic E-state index is 12.3.